The zero-order chi connectivity index (χ0) is 18.5. The fourth-order valence-electron chi connectivity index (χ4n) is 5.98. The van der Waals surface area contributed by atoms with Gasteiger partial charge in [0.05, 0.1) is 5.41 Å². The molecule has 1 saturated carbocycles. The Morgan fingerprint density at radius 2 is 1.96 bits per heavy atom. The smallest absolute Gasteiger partial charge is 0.312 e. The summed E-state index contributed by atoms with van der Waals surface area (Å²) in [6.07, 6.45) is 11.8. The van der Waals surface area contributed by atoms with Crippen molar-refractivity contribution in [3.05, 3.63) is 24.0 Å². The largest absolute Gasteiger partial charge is 0.462 e. The molecule has 4 fully saturated rings. The molecule has 5 rings (SSSR count). The number of likely N-dealkylation sites (tertiary alicyclic amines) is 1. The summed E-state index contributed by atoms with van der Waals surface area (Å²) >= 11 is 0. The molecule has 1 aromatic rings. The number of rotatable bonds is 4. The molecule has 0 amide bonds. The normalized spacial score (nSPS) is 28.9. The molecular weight excluding hydrogens is 338 g/mol. The topological polar surface area (TPSA) is 45.7 Å². The summed E-state index contributed by atoms with van der Waals surface area (Å²) in [4.78, 5) is 21.6. The van der Waals surface area contributed by atoms with Gasteiger partial charge in [-0.3, -0.25) is 9.78 Å². The number of anilines is 1. The Labute approximate surface area is 162 Å². The van der Waals surface area contributed by atoms with Crippen LogP contribution in [0.2, 0.25) is 0 Å². The summed E-state index contributed by atoms with van der Waals surface area (Å²) in [5.74, 6) is 0.106. The van der Waals surface area contributed by atoms with E-state index in [0.29, 0.717) is 5.41 Å². The Hall–Kier alpha value is -1.62. The van der Waals surface area contributed by atoms with E-state index in [9.17, 15) is 4.79 Å². The molecule has 3 aliphatic heterocycles. The standard InChI is InChI=1S/C22H31N3O2/c1-17-12-23-9-5-19(17)25-15-21(16-25)13-24(14-21)10-6-18-11-22(20(26)27-18)7-3-2-4-8-22/h5,9,12,18H,2-4,6-8,10-11,13-16H2,1H3/t18-/m1/s1. The van der Waals surface area contributed by atoms with Gasteiger partial charge in [-0.15, -0.1) is 0 Å². The van der Waals surface area contributed by atoms with Crippen molar-refractivity contribution in [1.29, 1.82) is 0 Å². The first-order valence-corrected chi connectivity index (χ1v) is 10.7. The van der Waals surface area contributed by atoms with Crippen molar-refractivity contribution in [2.45, 2.75) is 58.0 Å². The highest BCUT2D eigenvalue weighted by Gasteiger charge is 2.53. The van der Waals surface area contributed by atoms with Crippen LogP contribution in [0.25, 0.3) is 0 Å². The number of aromatic nitrogens is 1. The van der Waals surface area contributed by atoms with E-state index in [4.69, 9.17) is 4.74 Å². The van der Waals surface area contributed by atoms with Gasteiger partial charge in [-0.05, 0) is 37.8 Å². The molecule has 0 aromatic carbocycles. The van der Waals surface area contributed by atoms with E-state index in [1.165, 1.54) is 43.6 Å². The molecule has 146 valence electrons. The SMILES string of the molecule is Cc1cnccc1N1CC2(CN(CC[C@@H]3CC4(CCCCC4)C(=O)O3)C2)C1. The summed E-state index contributed by atoms with van der Waals surface area (Å²) in [7, 11) is 0. The van der Waals surface area contributed by atoms with Gasteiger partial charge in [-0.25, -0.2) is 0 Å². The molecule has 5 heteroatoms. The number of pyridine rings is 1. The minimum atomic E-state index is -0.115. The highest BCUT2D eigenvalue weighted by atomic mass is 16.6. The second-order valence-corrected chi connectivity index (χ2v) is 9.59. The van der Waals surface area contributed by atoms with Crippen molar-refractivity contribution in [3.63, 3.8) is 0 Å². The van der Waals surface area contributed by atoms with Crippen LogP contribution in [0.15, 0.2) is 18.5 Å². The Morgan fingerprint density at radius 1 is 1.19 bits per heavy atom. The quantitative estimate of drug-likeness (QED) is 0.763. The monoisotopic (exact) mass is 369 g/mol. The van der Waals surface area contributed by atoms with Crippen LogP contribution in [-0.2, 0) is 9.53 Å². The first-order valence-electron chi connectivity index (χ1n) is 10.7. The lowest BCUT2D eigenvalue weighted by Crippen LogP contribution is -2.72. The molecule has 0 N–H and O–H groups in total. The molecular formula is C22H31N3O2. The van der Waals surface area contributed by atoms with E-state index in [-0.39, 0.29) is 17.5 Å². The van der Waals surface area contributed by atoms with E-state index in [2.05, 4.69) is 27.8 Å². The fourth-order valence-corrected chi connectivity index (χ4v) is 5.98. The minimum Gasteiger partial charge on any atom is -0.462 e. The third kappa shape index (κ3) is 3.04. The predicted molar refractivity (Wildman–Crippen MR) is 105 cm³/mol. The van der Waals surface area contributed by atoms with Gasteiger partial charge >= 0.3 is 5.97 Å². The number of cyclic esters (lactones) is 1. The molecule has 4 heterocycles. The van der Waals surface area contributed by atoms with E-state index in [1.807, 2.05) is 12.4 Å². The maximum Gasteiger partial charge on any atom is 0.312 e. The van der Waals surface area contributed by atoms with Gasteiger partial charge in [0.15, 0.2) is 0 Å². The number of hydrogen-bond acceptors (Lipinski definition) is 5. The zero-order valence-electron chi connectivity index (χ0n) is 16.5. The Balaban J connectivity index is 1.07. The number of carbonyl (C=O) groups is 1. The lowest BCUT2D eigenvalue weighted by atomic mass is 9.71. The first-order chi connectivity index (χ1) is 13.1. The molecule has 2 spiro atoms. The van der Waals surface area contributed by atoms with Crippen LogP contribution in [0.5, 0.6) is 0 Å². The third-order valence-corrected chi connectivity index (χ3v) is 7.41. The molecule has 4 aliphatic rings. The van der Waals surface area contributed by atoms with Crippen molar-refractivity contribution >= 4 is 11.7 Å². The molecule has 0 bridgehead atoms. The highest BCUT2D eigenvalue weighted by molar-refractivity contribution is 5.79. The van der Waals surface area contributed by atoms with Crippen LogP contribution in [0, 0.1) is 17.8 Å². The molecule has 1 atom stereocenters. The van der Waals surface area contributed by atoms with Gasteiger partial charge in [-0.1, -0.05) is 19.3 Å². The van der Waals surface area contributed by atoms with Gasteiger partial charge in [-0.2, -0.15) is 0 Å². The zero-order valence-corrected chi connectivity index (χ0v) is 16.5. The van der Waals surface area contributed by atoms with E-state index in [1.54, 1.807) is 0 Å². The lowest BCUT2D eigenvalue weighted by molar-refractivity contribution is -0.150. The first kappa shape index (κ1) is 17.5. The maximum atomic E-state index is 12.4. The van der Waals surface area contributed by atoms with Crippen LogP contribution in [0.1, 0.15) is 50.5 Å². The summed E-state index contributed by atoms with van der Waals surface area (Å²) < 4.78 is 5.77. The number of carbonyl (C=O) groups excluding carboxylic acids is 1. The predicted octanol–water partition coefficient (Wildman–Crippen LogP) is 3.17. The Kier molecular flexibility index (Phi) is 4.19. The van der Waals surface area contributed by atoms with Crippen molar-refractivity contribution in [2.75, 3.05) is 37.6 Å². The van der Waals surface area contributed by atoms with Gasteiger partial charge < -0.3 is 14.5 Å². The number of esters is 1. The molecule has 3 saturated heterocycles. The van der Waals surface area contributed by atoms with Crippen molar-refractivity contribution in [2.24, 2.45) is 10.8 Å². The number of nitrogens with zero attached hydrogens (tertiary/aromatic N) is 3. The van der Waals surface area contributed by atoms with E-state index < -0.39 is 0 Å². The number of hydrogen-bond donors (Lipinski definition) is 0. The fraction of sp³-hybridized carbons (Fsp3) is 0.727. The van der Waals surface area contributed by atoms with Gasteiger partial charge in [0.25, 0.3) is 0 Å². The third-order valence-electron chi connectivity index (χ3n) is 7.41. The van der Waals surface area contributed by atoms with Crippen molar-refractivity contribution in [3.8, 4) is 0 Å². The van der Waals surface area contributed by atoms with Crippen molar-refractivity contribution in [1.82, 2.24) is 9.88 Å². The van der Waals surface area contributed by atoms with E-state index in [0.717, 1.165) is 45.3 Å². The molecule has 5 nitrogen and oxygen atoms in total. The van der Waals surface area contributed by atoms with Crippen LogP contribution in [-0.4, -0.2) is 54.7 Å². The van der Waals surface area contributed by atoms with E-state index >= 15 is 0 Å². The van der Waals surface area contributed by atoms with Gasteiger partial charge in [0.1, 0.15) is 6.10 Å². The van der Waals surface area contributed by atoms with Gasteiger partial charge in [0, 0.05) is 62.6 Å². The van der Waals surface area contributed by atoms with Gasteiger partial charge in [0.2, 0.25) is 0 Å². The Bertz CT molecular complexity index is 714. The second-order valence-electron chi connectivity index (χ2n) is 9.59. The number of ether oxygens (including phenoxy) is 1. The molecule has 1 aliphatic carbocycles. The van der Waals surface area contributed by atoms with Crippen LogP contribution in [0.3, 0.4) is 0 Å². The molecule has 0 unspecified atom stereocenters. The van der Waals surface area contributed by atoms with Crippen molar-refractivity contribution < 1.29 is 9.53 Å². The molecule has 0 radical (unpaired) electrons. The van der Waals surface area contributed by atoms with Crippen LogP contribution < -0.4 is 4.90 Å². The van der Waals surface area contributed by atoms with Crippen LogP contribution in [0.4, 0.5) is 5.69 Å². The summed E-state index contributed by atoms with van der Waals surface area (Å²) in [6.45, 7) is 7.93. The van der Waals surface area contributed by atoms with Crippen LogP contribution >= 0.6 is 0 Å². The summed E-state index contributed by atoms with van der Waals surface area (Å²) in [6, 6.07) is 2.13. The summed E-state index contributed by atoms with van der Waals surface area (Å²) in [5.41, 5.74) is 2.98. The molecule has 27 heavy (non-hydrogen) atoms. The maximum absolute atomic E-state index is 12.4. The lowest BCUT2D eigenvalue weighted by Gasteiger charge is -2.61. The average molecular weight is 370 g/mol. The Morgan fingerprint density at radius 3 is 2.70 bits per heavy atom. The minimum absolute atomic E-state index is 0.106. The molecule has 1 aromatic heterocycles. The highest BCUT2D eigenvalue weighted by Crippen LogP contribution is 2.47. The second kappa shape index (κ2) is 6.47. The summed E-state index contributed by atoms with van der Waals surface area (Å²) in [5, 5.41) is 0. The number of aryl methyl sites for hydroxylation is 1. The average Bonchev–Trinajstić information content (AvgIpc) is 2.89.